The summed E-state index contributed by atoms with van der Waals surface area (Å²) in [6.07, 6.45) is 5.84. The van der Waals surface area contributed by atoms with Gasteiger partial charge in [-0.3, -0.25) is 4.79 Å². The van der Waals surface area contributed by atoms with Crippen molar-refractivity contribution in [3.05, 3.63) is 35.7 Å². The standard InChI is InChI=1S/C17H11N5O3/c1-2-25-15(24)13-6-22-5-12(7-23)3-4-14(22)17(10-20,11-21)16(13,8-18)9-19/h3-7,14H,2H2,1H3. The second-order valence-electron chi connectivity index (χ2n) is 5.27. The second-order valence-corrected chi connectivity index (χ2v) is 5.27. The van der Waals surface area contributed by atoms with Gasteiger partial charge in [-0.15, -0.1) is 0 Å². The quantitative estimate of drug-likeness (QED) is 0.546. The van der Waals surface area contributed by atoms with Gasteiger partial charge >= 0.3 is 5.97 Å². The van der Waals surface area contributed by atoms with Gasteiger partial charge in [-0.2, -0.15) is 21.0 Å². The zero-order valence-corrected chi connectivity index (χ0v) is 13.1. The van der Waals surface area contributed by atoms with E-state index in [4.69, 9.17) is 4.74 Å². The van der Waals surface area contributed by atoms with E-state index in [-0.39, 0.29) is 12.2 Å². The zero-order valence-electron chi connectivity index (χ0n) is 13.1. The topological polar surface area (TPSA) is 142 Å². The molecule has 0 amide bonds. The number of ether oxygens (including phenoxy) is 1. The molecule has 0 fully saturated rings. The number of hydrogen-bond acceptors (Lipinski definition) is 8. The van der Waals surface area contributed by atoms with Gasteiger partial charge in [-0.05, 0) is 6.92 Å². The molecule has 2 rings (SSSR count). The predicted molar refractivity (Wildman–Crippen MR) is 80.9 cm³/mol. The van der Waals surface area contributed by atoms with Gasteiger partial charge in [0.2, 0.25) is 10.8 Å². The number of fused-ring (bicyclic) bond motifs is 1. The number of rotatable bonds is 3. The lowest BCUT2D eigenvalue weighted by molar-refractivity contribution is -0.140. The molecule has 2 aliphatic rings. The highest BCUT2D eigenvalue weighted by molar-refractivity contribution is 5.93. The summed E-state index contributed by atoms with van der Waals surface area (Å²) in [7, 11) is 0. The molecule has 0 bridgehead atoms. The number of esters is 1. The SMILES string of the molecule is CCOC(=O)C1=CN2C=C(C=O)C=CC2C(C#N)(C#N)C1(C#N)C#N. The Bertz CT molecular complexity index is 857. The van der Waals surface area contributed by atoms with Gasteiger partial charge in [0.15, 0.2) is 6.29 Å². The monoisotopic (exact) mass is 333 g/mol. The van der Waals surface area contributed by atoms with Crippen LogP contribution in [-0.2, 0) is 14.3 Å². The minimum atomic E-state index is -2.35. The lowest BCUT2D eigenvalue weighted by Crippen LogP contribution is -2.57. The molecule has 2 heterocycles. The first-order valence-corrected chi connectivity index (χ1v) is 7.17. The van der Waals surface area contributed by atoms with Crippen molar-refractivity contribution >= 4 is 12.3 Å². The van der Waals surface area contributed by atoms with Gasteiger partial charge < -0.3 is 9.64 Å². The Morgan fingerprint density at radius 3 is 2.36 bits per heavy atom. The van der Waals surface area contributed by atoms with Gasteiger partial charge in [0, 0.05) is 18.0 Å². The van der Waals surface area contributed by atoms with Crippen LogP contribution < -0.4 is 0 Å². The van der Waals surface area contributed by atoms with Gasteiger partial charge in [-0.1, -0.05) is 12.2 Å². The highest BCUT2D eigenvalue weighted by Gasteiger charge is 2.66. The third-order valence-corrected chi connectivity index (χ3v) is 4.13. The van der Waals surface area contributed by atoms with E-state index in [0.29, 0.717) is 6.29 Å². The van der Waals surface area contributed by atoms with Crippen LogP contribution in [0.1, 0.15) is 6.92 Å². The van der Waals surface area contributed by atoms with Crippen LogP contribution in [-0.4, -0.2) is 29.8 Å². The number of carbonyl (C=O) groups is 2. The lowest BCUT2D eigenvalue weighted by Gasteiger charge is -2.45. The highest BCUT2D eigenvalue weighted by atomic mass is 16.5. The normalized spacial score (nSPS) is 21.8. The third kappa shape index (κ3) is 2.17. The fourth-order valence-corrected chi connectivity index (χ4v) is 2.89. The van der Waals surface area contributed by atoms with E-state index < -0.39 is 28.4 Å². The summed E-state index contributed by atoms with van der Waals surface area (Å²) in [6, 6.07) is 5.85. The molecule has 1 unspecified atom stereocenters. The van der Waals surface area contributed by atoms with Gasteiger partial charge in [-0.25, -0.2) is 4.79 Å². The molecular weight excluding hydrogens is 322 g/mol. The van der Waals surface area contributed by atoms with Crippen LogP contribution in [0.5, 0.6) is 0 Å². The zero-order chi connectivity index (χ0) is 18.7. The number of aldehydes is 1. The molecule has 0 aliphatic carbocycles. The van der Waals surface area contributed by atoms with E-state index in [2.05, 4.69) is 0 Å². The van der Waals surface area contributed by atoms with Crippen LogP contribution >= 0.6 is 0 Å². The number of allylic oxidation sites excluding steroid dienone is 2. The van der Waals surface area contributed by atoms with E-state index in [1.807, 2.05) is 0 Å². The van der Waals surface area contributed by atoms with Gasteiger partial charge in [0.1, 0.15) is 0 Å². The van der Waals surface area contributed by atoms with E-state index in [0.717, 1.165) is 0 Å². The fraction of sp³-hybridized carbons (Fsp3) is 0.294. The van der Waals surface area contributed by atoms with Crippen LogP contribution in [0, 0.1) is 56.2 Å². The molecule has 0 saturated heterocycles. The Morgan fingerprint density at radius 2 is 1.88 bits per heavy atom. The number of hydrogen-bond donors (Lipinski definition) is 0. The van der Waals surface area contributed by atoms with Gasteiger partial charge in [0.25, 0.3) is 0 Å². The maximum atomic E-state index is 12.3. The Morgan fingerprint density at radius 1 is 1.24 bits per heavy atom. The summed E-state index contributed by atoms with van der Waals surface area (Å²) >= 11 is 0. The molecule has 0 spiro atoms. The van der Waals surface area contributed by atoms with E-state index in [9.17, 15) is 30.6 Å². The average molecular weight is 333 g/mol. The summed E-state index contributed by atoms with van der Waals surface area (Å²) in [6.45, 7) is 1.52. The predicted octanol–water partition coefficient (Wildman–Crippen LogP) is 0.837. The minimum Gasteiger partial charge on any atom is -0.463 e. The van der Waals surface area contributed by atoms with Gasteiger partial charge in [0.05, 0.1) is 42.5 Å². The molecule has 0 N–H and O–H groups in total. The molecule has 25 heavy (non-hydrogen) atoms. The van der Waals surface area contributed by atoms with Crippen molar-refractivity contribution in [1.29, 1.82) is 21.0 Å². The minimum absolute atomic E-state index is 0.0199. The second kappa shape index (κ2) is 6.32. The number of nitrogens with zero attached hydrogens (tertiary/aromatic N) is 5. The molecule has 0 saturated carbocycles. The van der Waals surface area contributed by atoms with Crippen molar-refractivity contribution in [3.63, 3.8) is 0 Å². The summed E-state index contributed by atoms with van der Waals surface area (Å²) < 4.78 is 4.89. The molecule has 1 atom stereocenters. The molecule has 0 aromatic carbocycles. The summed E-state index contributed by atoms with van der Waals surface area (Å²) in [4.78, 5) is 24.6. The van der Waals surface area contributed by atoms with Crippen molar-refractivity contribution < 1.29 is 14.3 Å². The average Bonchev–Trinajstić information content (AvgIpc) is 2.65. The Balaban J connectivity index is 2.85. The van der Waals surface area contributed by atoms with Crippen molar-refractivity contribution in [3.8, 4) is 24.3 Å². The third-order valence-electron chi connectivity index (χ3n) is 4.13. The summed E-state index contributed by atoms with van der Waals surface area (Å²) in [5.74, 6) is -0.977. The van der Waals surface area contributed by atoms with Crippen LogP contribution in [0.25, 0.3) is 0 Å². The van der Waals surface area contributed by atoms with Crippen LogP contribution in [0.2, 0.25) is 0 Å². The van der Waals surface area contributed by atoms with Crippen molar-refractivity contribution in [1.82, 2.24) is 4.90 Å². The Kier molecular flexibility index (Phi) is 4.42. The van der Waals surface area contributed by atoms with E-state index in [1.54, 1.807) is 31.2 Å². The lowest BCUT2D eigenvalue weighted by atomic mass is 9.56. The fourth-order valence-electron chi connectivity index (χ4n) is 2.89. The number of carbonyl (C=O) groups excluding carboxylic acids is 2. The van der Waals surface area contributed by atoms with E-state index in [1.165, 1.54) is 29.5 Å². The first kappa shape index (κ1) is 17.5. The smallest absolute Gasteiger partial charge is 0.338 e. The summed E-state index contributed by atoms with van der Waals surface area (Å²) in [5, 5.41) is 38.8. The Hall–Kier alpha value is -3.88. The molecule has 8 nitrogen and oxygen atoms in total. The molecule has 2 aliphatic heterocycles. The van der Waals surface area contributed by atoms with Crippen LogP contribution in [0.15, 0.2) is 35.7 Å². The first-order valence-electron chi connectivity index (χ1n) is 7.17. The molecular formula is C17H11N5O3. The summed E-state index contributed by atoms with van der Waals surface area (Å²) in [5.41, 5.74) is -4.73. The van der Waals surface area contributed by atoms with Crippen molar-refractivity contribution in [2.75, 3.05) is 6.61 Å². The van der Waals surface area contributed by atoms with E-state index >= 15 is 0 Å². The van der Waals surface area contributed by atoms with Crippen molar-refractivity contribution in [2.45, 2.75) is 13.0 Å². The number of nitriles is 4. The first-order chi connectivity index (χ1) is 12.0. The maximum Gasteiger partial charge on any atom is 0.338 e. The molecule has 0 radical (unpaired) electrons. The van der Waals surface area contributed by atoms with Crippen LogP contribution in [0.3, 0.4) is 0 Å². The van der Waals surface area contributed by atoms with Crippen LogP contribution in [0.4, 0.5) is 0 Å². The highest BCUT2D eigenvalue weighted by Crippen LogP contribution is 2.52. The largest absolute Gasteiger partial charge is 0.463 e. The van der Waals surface area contributed by atoms with Crippen molar-refractivity contribution in [2.24, 2.45) is 10.8 Å². The molecule has 0 aromatic heterocycles. The Labute approximate surface area is 143 Å². The molecule has 8 heteroatoms. The molecule has 0 aromatic rings. The molecule has 122 valence electrons. The maximum absolute atomic E-state index is 12.3.